The highest BCUT2D eigenvalue weighted by Crippen LogP contribution is 2.29. The Bertz CT molecular complexity index is 950. The van der Waals surface area contributed by atoms with Gasteiger partial charge < -0.3 is 9.47 Å². The summed E-state index contributed by atoms with van der Waals surface area (Å²) in [5, 5.41) is 1.66. The molecule has 132 valence electrons. The number of aromatic nitrogens is 2. The van der Waals surface area contributed by atoms with Crippen LogP contribution in [0.15, 0.2) is 60.0 Å². The summed E-state index contributed by atoms with van der Waals surface area (Å²) in [5.74, 6) is 0. The maximum atomic E-state index is 12.7. The van der Waals surface area contributed by atoms with Crippen LogP contribution >= 0.6 is 0 Å². The van der Waals surface area contributed by atoms with Crippen molar-refractivity contribution in [3.63, 3.8) is 0 Å². The van der Waals surface area contributed by atoms with Gasteiger partial charge in [0.15, 0.2) is 0 Å². The van der Waals surface area contributed by atoms with E-state index in [0.29, 0.717) is 17.9 Å². The number of hydrogen-bond donors (Lipinski definition) is 1. The molecule has 1 aromatic heterocycles. The van der Waals surface area contributed by atoms with Crippen molar-refractivity contribution in [1.82, 2.24) is 14.3 Å². The Labute approximate surface area is 148 Å². The summed E-state index contributed by atoms with van der Waals surface area (Å²) < 4.78 is 30.1. The van der Waals surface area contributed by atoms with Crippen LogP contribution < -0.4 is 9.62 Å². The second-order valence-corrected chi connectivity index (χ2v) is 7.81. The van der Waals surface area contributed by atoms with E-state index in [0.717, 1.165) is 23.0 Å². The Kier molecular flexibility index (Phi) is 5.06. The first kappa shape index (κ1) is 17.4. The molecule has 0 saturated carbocycles. The van der Waals surface area contributed by atoms with Crippen molar-refractivity contribution < 1.29 is 8.42 Å². The fourth-order valence-corrected chi connectivity index (χ4v) is 4.15. The van der Waals surface area contributed by atoms with Crippen LogP contribution in [0.1, 0.15) is 6.42 Å². The number of fused-ring (bicyclic) bond motifs is 1. The van der Waals surface area contributed by atoms with Gasteiger partial charge in [-0.1, -0.05) is 24.3 Å². The Balaban J connectivity index is 1.81. The van der Waals surface area contributed by atoms with Crippen molar-refractivity contribution in [3.05, 3.63) is 55.1 Å². The summed E-state index contributed by atoms with van der Waals surface area (Å²) in [6.07, 6.45) is 6.00. The quantitative estimate of drug-likeness (QED) is 0.659. The minimum absolute atomic E-state index is 0.316. The molecular weight excluding hydrogens is 336 g/mol. The minimum Gasteiger partial charge on any atom is -0.377 e. The van der Waals surface area contributed by atoms with Gasteiger partial charge in [0.25, 0.3) is 0 Å². The smallest absolute Gasteiger partial charge is 0.241 e. The summed E-state index contributed by atoms with van der Waals surface area (Å²) >= 11 is 0. The van der Waals surface area contributed by atoms with E-state index in [1.807, 2.05) is 54.0 Å². The second-order valence-electron chi connectivity index (χ2n) is 6.07. The van der Waals surface area contributed by atoms with E-state index in [2.05, 4.69) is 9.71 Å². The molecular formula is C18H22N4O2S. The highest BCUT2D eigenvalue weighted by molar-refractivity contribution is 7.89. The van der Waals surface area contributed by atoms with E-state index < -0.39 is 10.0 Å². The summed E-state index contributed by atoms with van der Waals surface area (Å²) in [5.41, 5.74) is 0.995. The van der Waals surface area contributed by atoms with Gasteiger partial charge in [-0.2, -0.15) is 0 Å². The van der Waals surface area contributed by atoms with Gasteiger partial charge in [0.05, 0.1) is 11.2 Å². The molecule has 0 bridgehead atoms. The lowest BCUT2D eigenvalue weighted by atomic mass is 10.1. The van der Waals surface area contributed by atoms with Gasteiger partial charge in [0.1, 0.15) is 0 Å². The third-order valence-electron chi connectivity index (χ3n) is 4.07. The van der Waals surface area contributed by atoms with Crippen LogP contribution in [0.3, 0.4) is 0 Å². The standard InChI is InChI=1S/C18H22N4O2S/c1-21(2)17-8-3-7-16-15(17)6-4-9-18(16)25(23,24)20-10-5-12-22-13-11-19-14-22/h3-4,6-9,11,13-14,20H,5,10,12H2,1-2H3. The molecule has 0 aliphatic carbocycles. The fraction of sp³-hybridized carbons (Fsp3) is 0.278. The number of hydrogen-bond acceptors (Lipinski definition) is 4. The summed E-state index contributed by atoms with van der Waals surface area (Å²) in [7, 11) is 0.334. The molecule has 1 N–H and O–H groups in total. The molecule has 6 nitrogen and oxygen atoms in total. The van der Waals surface area contributed by atoms with Crippen molar-refractivity contribution in [2.45, 2.75) is 17.9 Å². The lowest BCUT2D eigenvalue weighted by Crippen LogP contribution is -2.25. The molecule has 0 saturated heterocycles. The van der Waals surface area contributed by atoms with Gasteiger partial charge in [0.2, 0.25) is 10.0 Å². The van der Waals surface area contributed by atoms with Crippen LogP contribution in [0.2, 0.25) is 0 Å². The average Bonchev–Trinajstić information content (AvgIpc) is 3.11. The van der Waals surface area contributed by atoms with Gasteiger partial charge in [-0.3, -0.25) is 0 Å². The Morgan fingerprint density at radius 2 is 1.88 bits per heavy atom. The van der Waals surface area contributed by atoms with Gasteiger partial charge in [-0.05, 0) is 18.6 Å². The largest absolute Gasteiger partial charge is 0.377 e. The molecule has 2 aromatic carbocycles. The molecule has 0 amide bonds. The highest BCUT2D eigenvalue weighted by Gasteiger charge is 2.17. The van der Waals surface area contributed by atoms with Crippen LogP contribution in [-0.2, 0) is 16.6 Å². The zero-order valence-corrected chi connectivity index (χ0v) is 15.2. The number of anilines is 1. The lowest BCUT2D eigenvalue weighted by Gasteiger charge is -2.17. The van der Waals surface area contributed by atoms with Crippen LogP contribution in [0.25, 0.3) is 10.8 Å². The molecule has 7 heteroatoms. The molecule has 0 unspecified atom stereocenters. The van der Waals surface area contributed by atoms with Gasteiger partial charge in [0, 0.05) is 56.0 Å². The third kappa shape index (κ3) is 3.83. The Hall–Kier alpha value is -2.38. The van der Waals surface area contributed by atoms with Gasteiger partial charge in [-0.15, -0.1) is 0 Å². The first-order valence-corrected chi connectivity index (χ1v) is 9.62. The number of sulfonamides is 1. The molecule has 3 aromatic rings. The molecule has 0 aliphatic heterocycles. The lowest BCUT2D eigenvalue weighted by molar-refractivity contribution is 0.570. The number of rotatable bonds is 7. The predicted molar refractivity (Wildman–Crippen MR) is 100 cm³/mol. The number of aryl methyl sites for hydroxylation is 1. The second kappa shape index (κ2) is 7.25. The van der Waals surface area contributed by atoms with Crippen LogP contribution in [0.4, 0.5) is 5.69 Å². The van der Waals surface area contributed by atoms with Crippen molar-refractivity contribution in [1.29, 1.82) is 0 Å². The topological polar surface area (TPSA) is 67.2 Å². The first-order valence-electron chi connectivity index (χ1n) is 8.13. The SMILES string of the molecule is CN(C)c1cccc2c(S(=O)(=O)NCCCn3ccnc3)cccc12. The zero-order valence-electron chi connectivity index (χ0n) is 14.4. The summed E-state index contributed by atoms with van der Waals surface area (Å²) in [4.78, 5) is 6.27. The van der Waals surface area contributed by atoms with Crippen molar-refractivity contribution in [3.8, 4) is 0 Å². The van der Waals surface area contributed by atoms with E-state index in [1.54, 1.807) is 24.7 Å². The van der Waals surface area contributed by atoms with Crippen molar-refractivity contribution in [2.24, 2.45) is 0 Å². The average molecular weight is 358 g/mol. The molecule has 0 aliphatic rings. The molecule has 1 heterocycles. The molecule has 0 atom stereocenters. The van der Waals surface area contributed by atoms with Crippen LogP contribution in [0.5, 0.6) is 0 Å². The molecule has 0 radical (unpaired) electrons. The number of benzene rings is 2. The van der Waals surface area contributed by atoms with Gasteiger partial charge >= 0.3 is 0 Å². The van der Waals surface area contributed by atoms with E-state index in [9.17, 15) is 8.42 Å². The van der Waals surface area contributed by atoms with E-state index in [-0.39, 0.29) is 0 Å². The number of nitrogens with zero attached hydrogens (tertiary/aromatic N) is 3. The molecule has 3 rings (SSSR count). The Morgan fingerprint density at radius 1 is 1.12 bits per heavy atom. The fourth-order valence-electron chi connectivity index (χ4n) is 2.85. The molecule has 0 fully saturated rings. The monoisotopic (exact) mass is 358 g/mol. The number of imidazole rings is 1. The van der Waals surface area contributed by atoms with E-state index in [1.165, 1.54) is 0 Å². The van der Waals surface area contributed by atoms with E-state index in [4.69, 9.17) is 0 Å². The number of nitrogens with one attached hydrogen (secondary N) is 1. The maximum Gasteiger partial charge on any atom is 0.241 e. The van der Waals surface area contributed by atoms with Crippen LogP contribution in [-0.4, -0.2) is 38.6 Å². The Morgan fingerprint density at radius 3 is 2.60 bits per heavy atom. The third-order valence-corrected chi connectivity index (χ3v) is 5.59. The summed E-state index contributed by atoms with van der Waals surface area (Å²) in [6.45, 7) is 1.10. The normalized spacial score (nSPS) is 11.8. The molecule has 25 heavy (non-hydrogen) atoms. The van der Waals surface area contributed by atoms with Crippen LogP contribution in [0, 0.1) is 0 Å². The first-order chi connectivity index (χ1) is 12.0. The van der Waals surface area contributed by atoms with Crippen molar-refractivity contribution >= 4 is 26.5 Å². The van der Waals surface area contributed by atoms with Crippen molar-refractivity contribution in [2.75, 3.05) is 25.5 Å². The summed E-state index contributed by atoms with van der Waals surface area (Å²) in [6, 6.07) is 11.1. The zero-order chi connectivity index (χ0) is 17.9. The van der Waals surface area contributed by atoms with E-state index >= 15 is 0 Å². The molecule has 0 spiro atoms. The predicted octanol–water partition coefficient (Wildman–Crippen LogP) is 2.47. The minimum atomic E-state index is -3.56. The highest BCUT2D eigenvalue weighted by atomic mass is 32.2. The van der Waals surface area contributed by atoms with Gasteiger partial charge in [-0.25, -0.2) is 18.1 Å². The maximum absolute atomic E-state index is 12.7.